The Morgan fingerprint density at radius 2 is 1.86 bits per heavy atom. The molecular weight excluding hydrogens is 472 g/mol. The fourth-order valence-electron chi connectivity index (χ4n) is 8.34. The molecule has 0 radical (unpaired) electrons. The minimum atomic E-state index is -1.82. The Labute approximate surface area is 218 Å². The number of ether oxygens (including phenoxy) is 3. The molecule has 1 aromatic heterocycles. The Morgan fingerprint density at radius 1 is 1.16 bits per heavy atom. The number of rotatable bonds is 2. The number of ketones is 1. The topological polar surface area (TPSA) is 95.2 Å². The van der Waals surface area contributed by atoms with E-state index in [-0.39, 0.29) is 35.6 Å². The van der Waals surface area contributed by atoms with Crippen molar-refractivity contribution in [1.29, 1.82) is 0 Å². The van der Waals surface area contributed by atoms with E-state index in [0.717, 1.165) is 12.0 Å². The van der Waals surface area contributed by atoms with E-state index in [9.17, 15) is 14.7 Å². The molecule has 2 bridgehead atoms. The normalized spacial score (nSPS) is 42.9. The highest BCUT2D eigenvalue weighted by Gasteiger charge is 2.77. The third-order valence-corrected chi connectivity index (χ3v) is 10.3. The molecule has 200 valence electrons. The smallest absolute Gasteiger partial charge is 0.342 e. The fraction of sp³-hybridized carbons (Fsp3) is 0.667. The van der Waals surface area contributed by atoms with Gasteiger partial charge in [-0.25, -0.2) is 4.79 Å². The highest BCUT2D eigenvalue weighted by molar-refractivity contribution is 5.96. The minimum Gasteiger partial charge on any atom is -0.468 e. The summed E-state index contributed by atoms with van der Waals surface area (Å²) < 4.78 is 24.1. The van der Waals surface area contributed by atoms with Crippen molar-refractivity contribution in [1.82, 2.24) is 0 Å². The number of furan rings is 1. The summed E-state index contributed by atoms with van der Waals surface area (Å²) in [4.78, 5) is 28.2. The van der Waals surface area contributed by atoms with Crippen LogP contribution in [0, 0.1) is 48.3 Å². The quantitative estimate of drug-likeness (QED) is 0.456. The molecule has 5 aliphatic rings. The number of carbonyl (C=O) groups is 2. The largest absolute Gasteiger partial charge is 0.468 e. The summed E-state index contributed by atoms with van der Waals surface area (Å²) in [6.45, 7) is 15.7. The average Bonchev–Trinajstić information content (AvgIpc) is 3.09. The van der Waals surface area contributed by atoms with Crippen LogP contribution in [0.5, 0.6) is 0 Å². The van der Waals surface area contributed by atoms with Crippen LogP contribution in [-0.2, 0) is 19.0 Å². The van der Waals surface area contributed by atoms with E-state index < -0.39 is 35.0 Å². The number of hydrogen-bond acceptors (Lipinski definition) is 7. The minimum absolute atomic E-state index is 0.00236. The van der Waals surface area contributed by atoms with Gasteiger partial charge in [0.15, 0.2) is 23.3 Å². The molecule has 8 atom stereocenters. The van der Waals surface area contributed by atoms with Gasteiger partial charge in [0.2, 0.25) is 0 Å². The van der Waals surface area contributed by atoms with Crippen LogP contribution in [0.1, 0.15) is 69.6 Å². The van der Waals surface area contributed by atoms with Crippen molar-refractivity contribution >= 4 is 11.8 Å². The molecule has 3 fully saturated rings. The van der Waals surface area contributed by atoms with Crippen molar-refractivity contribution in [3.8, 4) is 0 Å². The van der Waals surface area contributed by atoms with E-state index in [1.54, 1.807) is 13.8 Å². The van der Waals surface area contributed by atoms with Gasteiger partial charge in [-0.3, -0.25) is 4.79 Å². The van der Waals surface area contributed by atoms with Crippen LogP contribution in [0.25, 0.3) is 0 Å². The molecule has 7 nitrogen and oxygen atoms in total. The van der Waals surface area contributed by atoms with Crippen molar-refractivity contribution in [3.05, 3.63) is 46.4 Å². The highest BCUT2D eigenvalue weighted by Crippen LogP contribution is 2.72. The number of aliphatic hydroxyl groups is 1. The van der Waals surface area contributed by atoms with Gasteiger partial charge in [0, 0.05) is 11.5 Å². The zero-order valence-electron chi connectivity index (χ0n) is 23.0. The molecule has 1 spiro atoms. The number of esters is 1. The lowest BCUT2D eigenvalue weighted by Crippen LogP contribution is -2.68. The van der Waals surface area contributed by atoms with Crippen LogP contribution >= 0.6 is 0 Å². The molecule has 1 aliphatic heterocycles. The number of carbonyl (C=O) groups excluding carboxylic acids is 2. The van der Waals surface area contributed by atoms with Crippen LogP contribution in [0.3, 0.4) is 0 Å². The van der Waals surface area contributed by atoms with Gasteiger partial charge in [0.1, 0.15) is 17.4 Å². The van der Waals surface area contributed by atoms with Crippen LogP contribution in [-0.4, -0.2) is 47.1 Å². The molecule has 1 saturated heterocycles. The van der Waals surface area contributed by atoms with Crippen molar-refractivity contribution in [2.75, 3.05) is 6.61 Å². The van der Waals surface area contributed by atoms with Gasteiger partial charge < -0.3 is 23.7 Å². The predicted molar refractivity (Wildman–Crippen MR) is 135 cm³/mol. The summed E-state index contributed by atoms with van der Waals surface area (Å²) in [5, 5.41) is 13.0. The van der Waals surface area contributed by atoms with Crippen LogP contribution in [0.15, 0.2) is 34.0 Å². The van der Waals surface area contributed by atoms with E-state index in [0.29, 0.717) is 28.4 Å². The molecule has 2 heterocycles. The number of fused-ring (bicyclic) bond motifs is 5. The van der Waals surface area contributed by atoms with Gasteiger partial charge in [-0.05, 0) is 75.4 Å². The van der Waals surface area contributed by atoms with Crippen molar-refractivity contribution < 1.29 is 33.3 Å². The number of aryl methyl sites for hydroxylation is 2. The Balaban J connectivity index is 1.53. The van der Waals surface area contributed by atoms with E-state index in [1.165, 1.54) is 6.26 Å². The first-order valence-electron chi connectivity index (χ1n) is 13.4. The standard InChI is InChI=1S/C30H38O7/c1-14-11-29-16(3)9-20-22(27(20,5)6)19(23(29)31)10-18-13-35-28(7,8)37-25(18)30(29,33)24(14)36-26(32)21-15(2)12-34-17(21)4/h10-12,16,19-20,22,24-25,33H,9,13H2,1-8H3/t16-,19+,20-,22+,24+,25-,29+,30-/m1/s1. The van der Waals surface area contributed by atoms with E-state index in [2.05, 4.69) is 20.8 Å². The fourth-order valence-corrected chi connectivity index (χ4v) is 8.34. The lowest BCUT2D eigenvalue weighted by Gasteiger charge is -2.52. The average molecular weight is 511 g/mol. The Kier molecular flexibility index (Phi) is 5.05. The summed E-state index contributed by atoms with van der Waals surface area (Å²) in [5.41, 5.74) is -0.619. The predicted octanol–water partition coefficient (Wildman–Crippen LogP) is 4.69. The lowest BCUT2D eigenvalue weighted by atomic mass is 9.59. The van der Waals surface area contributed by atoms with Crippen molar-refractivity contribution in [2.45, 2.75) is 85.4 Å². The summed E-state index contributed by atoms with van der Waals surface area (Å²) in [6.07, 6.45) is 4.30. The first kappa shape index (κ1) is 25.1. The summed E-state index contributed by atoms with van der Waals surface area (Å²) >= 11 is 0. The molecule has 6 rings (SSSR count). The van der Waals surface area contributed by atoms with Gasteiger partial charge in [0.05, 0.1) is 18.3 Å². The van der Waals surface area contributed by atoms with E-state index in [4.69, 9.17) is 18.6 Å². The number of hydrogen-bond donors (Lipinski definition) is 1. The SMILES string of the molecule is CC1=C[C@]23C(=O)[C@@H](C=C4COC(C)(C)O[C@H]4[C@]2(O)[C@H]1OC(=O)c1c(C)coc1C)[C@H]1[C@@H](C[C@H]3C)C1(C)C. The molecule has 1 aromatic rings. The van der Waals surface area contributed by atoms with Crippen molar-refractivity contribution in [2.24, 2.45) is 34.5 Å². The van der Waals surface area contributed by atoms with Gasteiger partial charge in [-0.2, -0.15) is 0 Å². The van der Waals surface area contributed by atoms with Crippen molar-refractivity contribution in [3.63, 3.8) is 0 Å². The third kappa shape index (κ3) is 3.05. The highest BCUT2D eigenvalue weighted by atomic mass is 16.7. The summed E-state index contributed by atoms with van der Waals surface area (Å²) in [5.74, 6) is -1.08. The van der Waals surface area contributed by atoms with Gasteiger partial charge >= 0.3 is 5.97 Å². The van der Waals surface area contributed by atoms with Crippen LogP contribution in [0.4, 0.5) is 0 Å². The zero-order chi connectivity index (χ0) is 26.9. The van der Waals surface area contributed by atoms with E-state index >= 15 is 0 Å². The maximum absolute atomic E-state index is 14.7. The number of Topliss-reactive ketones (excluding diaryl/α,β-unsaturated/α-hetero) is 1. The maximum Gasteiger partial charge on any atom is 0.342 e. The van der Waals surface area contributed by atoms with E-state index in [1.807, 2.05) is 32.9 Å². The first-order valence-corrected chi connectivity index (χ1v) is 13.4. The van der Waals surface area contributed by atoms with Gasteiger partial charge in [0.25, 0.3) is 0 Å². The van der Waals surface area contributed by atoms with Crippen LogP contribution in [0.2, 0.25) is 0 Å². The Hall–Kier alpha value is -2.22. The Bertz CT molecular complexity index is 1250. The molecular formula is C30H38O7. The van der Waals surface area contributed by atoms with Crippen LogP contribution < -0.4 is 0 Å². The second kappa shape index (κ2) is 7.45. The molecule has 0 unspecified atom stereocenters. The number of allylic oxidation sites excluding steroid dienone is 1. The van der Waals surface area contributed by atoms with Gasteiger partial charge in [-0.15, -0.1) is 0 Å². The molecule has 2 saturated carbocycles. The molecule has 37 heavy (non-hydrogen) atoms. The molecule has 4 aliphatic carbocycles. The summed E-state index contributed by atoms with van der Waals surface area (Å²) in [7, 11) is 0. The molecule has 0 amide bonds. The third-order valence-electron chi connectivity index (χ3n) is 10.3. The molecule has 7 heteroatoms. The Morgan fingerprint density at radius 3 is 2.51 bits per heavy atom. The first-order chi connectivity index (χ1) is 17.2. The maximum atomic E-state index is 14.7. The second-order valence-corrected chi connectivity index (χ2v) is 13.1. The monoisotopic (exact) mass is 510 g/mol. The molecule has 0 aromatic carbocycles. The molecule has 1 N–H and O–H groups in total. The zero-order valence-corrected chi connectivity index (χ0v) is 23.0. The lowest BCUT2D eigenvalue weighted by molar-refractivity contribution is -0.302. The second-order valence-electron chi connectivity index (χ2n) is 13.1. The van der Waals surface area contributed by atoms with Gasteiger partial charge in [-0.1, -0.05) is 32.9 Å². The summed E-state index contributed by atoms with van der Waals surface area (Å²) in [6, 6.07) is 0.